The Balaban J connectivity index is 2.47. The minimum Gasteiger partial charge on any atom is -0.465 e. The average Bonchev–Trinajstić information content (AvgIpc) is 2.39. The molecule has 1 fully saturated rings. The van der Waals surface area contributed by atoms with Crippen LogP contribution in [0.2, 0.25) is 5.02 Å². The average molecular weight is 283 g/mol. The molecule has 0 heterocycles. The third-order valence-electron chi connectivity index (χ3n) is 3.85. The number of hydrogen-bond acceptors (Lipinski definition) is 3. The molecule has 1 aromatic rings. The molecular formula is C15H19ClO3. The van der Waals surface area contributed by atoms with Crippen LogP contribution in [0.15, 0.2) is 24.3 Å². The van der Waals surface area contributed by atoms with E-state index in [1.165, 1.54) is 0 Å². The van der Waals surface area contributed by atoms with Gasteiger partial charge < -0.3 is 9.84 Å². The predicted molar refractivity (Wildman–Crippen MR) is 74.2 cm³/mol. The Morgan fingerprint density at radius 1 is 1.53 bits per heavy atom. The quantitative estimate of drug-likeness (QED) is 0.867. The van der Waals surface area contributed by atoms with Gasteiger partial charge in [-0.25, -0.2) is 0 Å². The molecule has 0 aromatic heterocycles. The highest BCUT2D eigenvalue weighted by molar-refractivity contribution is 6.30. The molecule has 1 aliphatic rings. The molecule has 0 saturated heterocycles. The summed E-state index contributed by atoms with van der Waals surface area (Å²) in [6, 6.07) is 7.17. The van der Waals surface area contributed by atoms with Crippen molar-refractivity contribution >= 4 is 17.6 Å². The largest absolute Gasteiger partial charge is 0.465 e. The number of carbonyl (C=O) groups is 1. The van der Waals surface area contributed by atoms with Crippen LogP contribution in [0.5, 0.6) is 0 Å². The van der Waals surface area contributed by atoms with Crippen LogP contribution >= 0.6 is 11.6 Å². The van der Waals surface area contributed by atoms with Crippen molar-refractivity contribution in [3.8, 4) is 0 Å². The zero-order chi connectivity index (χ0) is 13.9. The number of rotatable bonds is 3. The zero-order valence-corrected chi connectivity index (χ0v) is 11.8. The van der Waals surface area contributed by atoms with E-state index in [2.05, 4.69) is 0 Å². The number of hydrogen-bond donors (Lipinski definition) is 1. The van der Waals surface area contributed by atoms with Crippen LogP contribution in [0.3, 0.4) is 0 Å². The Morgan fingerprint density at radius 3 is 2.95 bits per heavy atom. The summed E-state index contributed by atoms with van der Waals surface area (Å²) >= 11 is 6.02. The van der Waals surface area contributed by atoms with E-state index in [-0.39, 0.29) is 5.97 Å². The Hall–Kier alpha value is -1.06. The van der Waals surface area contributed by atoms with Crippen LogP contribution in [0.25, 0.3) is 0 Å². The number of ether oxygens (including phenoxy) is 1. The van der Waals surface area contributed by atoms with Gasteiger partial charge in [0.25, 0.3) is 0 Å². The van der Waals surface area contributed by atoms with Gasteiger partial charge in [-0.3, -0.25) is 4.79 Å². The molecule has 0 spiro atoms. The van der Waals surface area contributed by atoms with Gasteiger partial charge in [0.2, 0.25) is 0 Å². The minimum atomic E-state index is -0.959. The molecule has 2 rings (SSSR count). The van der Waals surface area contributed by atoms with E-state index in [0.29, 0.717) is 24.5 Å². The van der Waals surface area contributed by atoms with Crippen molar-refractivity contribution in [2.45, 2.75) is 44.1 Å². The fraction of sp³-hybridized carbons (Fsp3) is 0.533. The number of carbonyl (C=O) groups excluding carboxylic acids is 1. The lowest BCUT2D eigenvalue weighted by molar-refractivity contribution is -0.157. The van der Waals surface area contributed by atoms with Crippen molar-refractivity contribution in [1.29, 1.82) is 0 Å². The van der Waals surface area contributed by atoms with Crippen LogP contribution in [-0.4, -0.2) is 23.8 Å². The Labute approximate surface area is 118 Å². The van der Waals surface area contributed by atoms with Crippen molar-refractivity contribution < 1.29 is 14.6 Å². The predicted octanol–water partition coefficient (Wildman–Crippen LogP) is 3.08. The molecule has 1 saturated carbocycles. The Bertz CT molecular complexity index is 460. The van der Waals surface area contributed by atoms with Gasteiger partial charge in [-0.2, -0.15) is 0 Å². The maximum absolute atomic E-state index is 12.4. The molecule has 0 radical (unpaired) electrons. The molecule has 0 bridgehead atoms. The lowest BCUT2D eigenvalue weighted by Gasteiger charge is -2.39. The lowest BCUT2D eigenvalue weighted by atomic mass is 9.67. The van der Waals surface area contributed by atoms with E-state index < -0.39 is 11.5 Å². The number of esters is 1. The molecule has 2 atom stereocenters. The second-order valence-corrected chi connectivity index (χ2v) is 5.40. The second kappa shape index (κ2) is 5.93. The molecule has 3 nitrogen and oxygen atoms in total. The molecule has 104 valence electrons. The van der Waals surface area contributed by atoms with Crippen molar-refractivity contribution in [3.63, 3.8) is 0 Å². The number of benzene rings is 1. The molecule has 19 heavy (non-hydrogen) atoms. The summed E-state index contributed by atoms with van der Waals surface area (Å²) in [5, 5.41) is 11.0. The van der Waals surface area contributed by atoms with E-state index in [1.807, 2.05) is 6.07 Å². The zero-order valence-electron chi connectivity index (χ0n) is 11.1. The van der Waals surface area contributed by atoms with E-state index in [9.17, 15) is 9.90 Å². The molecule has 0 aliphatic heterocycles. The molecule has 4 heteroatoms. The van der Waals surface area contributed by atoms with Crippen molar-refractivity contribution in [2.75, 3.05) is 6.61 Å². The summed E-state index contributed by atoms with van der Waals surface area (Å²) in [4.78, 5) is 12.4. The SMILES string of the molecule is CCOC(=O)C1(c2cccc(Cl)c2)CCCCC1O. The maximum Gasteiger partial charge on any atom is 0.319 e. The lowest BCUT2D eigenvalue weighted by Crippen LogP contribution is -2.49. The molecule has 1 aromatic carbocycles. The van der Waals surface area contributed by atoms with Crippen LogP contribution in [-0.2, 0) is 14.9 Å². The van der Waals surface area contributed by atoms with Crippen LogP contribution in [0.1, 0.15) is 38.2 Å². The fourth-order valence-corrected chi connectivity index (χ4v) is 3.06. The first-order chi connectivity index (χ1) is 9.11. The Kier molecular flexibility index (Phi) is 4.48. The highest BCUT2D eigenvalue weighted by atomic mass is 35.5. The van der Waals surface area contributed by atoms with Gasteiger partial charge in [0.1, 0.15) is 5.41 Å². The van der Waals surface area contributed by atoms with Gasteiger partial charge in [-0.15, -0.1) is 0 Å². The van der Waals surface area contributed by atoms with Gasteiger partial charge in [0.15, 0.2) is 0 Å². The highest BCUT2D eigenvalue weighted by Gasteiger charge is 2.49. The molecule has 2 unspecified atom stereocenters. The van der Waals surface area contributed by atoms with Crippen molar-refractivity contribution in [3.05, 3.63) is 34.9 Å². The normalized spacial score (nSPS) is 27.0. The molecular weight excluding hydrogens is 264 g/mol. The minimum absolute atomic E-state index is 0.313. The number of halogens is 1. The van der Waals surface area contributed by atoms with Gasteiger partial charge in [0.05, 0.1) is 12.7 Å². The van der Waals surface area contributed by atoms with E-state index >= 15 is 0 Å². The second-order valence-electron chi connectivity index (χ2n) is 4.96. The summed E-state index contributed by atoms with van der Waals surface area (Å²) in [7, 11) is 0. The summed E-state index contributed by atoms with van der Waals surface area (Å²) < 4.78 is 5.21. The summed E-state index contributed by atoms with van der Waals surface area (Å²) in [5.74, 6) is -0.343. The highest BCUT2D eigenvalue weighted by Crippen LogP contribution is 2.41. The van der Waals surface area contributed by atoms with Gasteiger partial charge >= 0.3 is 5.97 Å². The number of aliphatic hydroxyl groups excluding tert-OH is 1. The van der Waals surface area contributed by atoms with Gasteiger partial charge in [-0.05, 0) is 37.5 Å². The van der Waals surface area contributed by atoms with Crippen LogP contribution in [0, 0.1) is 0 Å². The maximum atomic E-state index is 12.4. The third-order valence-corrected chi connectivity index (χ3v) is 4.08. The summed E-state index contributed by atoms with van der Waals surface area (Å²) in [6.07, 6.45) is 2.35. The van der Waals surface area contributed by atoms with Gasteiger partial charge in [-0.1, -0.05) is 36.6 Å². The van der Waals surface area contributed by atoms with Crippen LogP contribution in [0.4, 0.5) is 0 Å². The smallest absolute Gasteiger partial charge is 0.319 e. The monoisotopic (exact) mass is 282 g/mol. The van der Waals surface area contributed by atoms with Crippen molar-refractivity contribution in [2.24, 2.45) is 0 Å². The molecule has 1 N–H and O–H groups in total. The van der Waals surface area contributed by atoms with Crippen molar-refractivity contribution in [1.82, 2.24) is 0 Å². The van der Waals surface area contributed by atoms with Gasteiger partial charge in [0, 0.05) is 5.02 Å². The van der Waals surface area contributed by atoms with E-state index in [4.69, 9.17) is 16.3 Å². The van der Waals surface area contributed by atoms with Crippen LogP contribution < -0.4 is 0 Å². The first-order valence-electron chi connectivity index (χ1n) is 6.72. The molecule has 0 amide bonds. The third kappa shape index (κ3) is 2.63. The van der Waals surface area contributed by atoms with E-state index in [0.717, 1.165) is 18.4 Å². The summed E-state index contributed by atoms with van der Waals surface area (Å²) in [5.41, 5.74) is -0.204. The first kappa shape index (κ1) is 14.4. The Morgan fingerprint density at radius 2 is 2.32 bits per heavy atom. The molecule has 1 aliphatic carbocycles. The summed E-state index contributed by atoms with van der Waals surface area (Å²) in [6.45, 7) is 2.09. The fourth-order valence-electron chi connectivity index (χ4n) is 2.87. The topological polar surface area (TPSA) is 46.5 Å². The first-order valence-corrected chi connectivity index (χ1v) is 7.10. The number of aliphatic hydroxyl groups is 1. The van der Waals surface area contributed by atoms with E-state index in [1.54, 1.807) is 25.1 Å². The standard InChI is InChI=1S/C15H19ClO3/c1-2-19-14(18)15(9-4-3-8-13(15)17)11-6-5-7-12(16)10-11/h5-7,10,13,17H,2-4,8-9H2,1H3.